The molecule has 3 atom stereocenters. The van der Waals surface area contributed by atoms with Crippen LogP contribution >= 0.6 is 34.4 Å². The van der Waals surface area contributed by atoms with E-state index in [9.17, 15) is 33.6 Å². The van der Waals surface area contributed by atoms with Gasteiger partial charge in [0.05, 0.1) is 21.3 Å². The van der Waals surface area contributed by atoms with Crippen LogP contribution in [0.3, 0.4) is 0 Å². The lowest BCUT2D eigenvalue weighted by molar-refractivity contribution is -0.143. The molecule has 0 aromatic rings. The maximum atomic E-state index is 12.7. The topological polar surface area (TPSA) is 205 Å². The third-order valence-corrected chi connectivity index (χ3v) is 5.92. The summed E-state index contributed by atoms with van der Waals surface area (Å²) in [5.41, 5.74) is -0.808. The van der Waals surface area contributed by atoms with E-state index in [-0.39, 0.29) is 24.3 Å². The fraction of sp³-hybridized carbons (Fsp3) is 0.682. The molecule has 4 N–H and O–H groups in total. The molecule has 15 nitrogen and oxygen atoms in total. The van der Waals surface area contributed by atoms with Crippen molar-refractivity contribution in [2.75, 3.05) is 39.4 Å². The Labute approximate surface area is 244 Å². The zero-order valence-electron chi connectivity index (χ0n) is 22.5. The first-order valence-corrected chi connectivity index (χ1v) is 13.7. The molecule has 0 fully saturated rings. The van der Waals surface area contributed by atoms with E-state index >= 15 is 0 Å². The zero-order valence-corrected chi connectivity index (χ0v) is 25.5. The number of carbonyl (C=O) groups excluding carboxylic acids is 7. The van der Waals surface area contributed by atoms with Gasteiger partial charge in [0.1, 0.15) is 30.3 Å². The van der Waals surface area contributed by atoms with Crippen LogP contribution in [0.5, 0.6) is 0 Å². The minimum atomic E-state index is -1.18. The lowest BCUT2D eigenvalue weighted by atomic mass is 10.1. The number of halogens is 1. The first kappa shape index (κ1) is 36.2. The molecule has 0 radical (unpaired) electrons. The molecule has 0 saturated heterocycles. The van der Waals surface area contributed by atoms with E-state index in [1.54, 1.807) is 20.8 Å². The second-order valence-corrected chi connectivity index (χ2v) is 10.8. The van der Waals surface area contributed by atoms with Gasteiger partial charge < -0.3 is 40.2 Å². The Morgan fingerprint density at radius 1 is 0.795 bits per heavy atom. The Balaban J connectivity index is 5.35. The summed E-state index contributed by atoms with van der Waals surface area (Å²) >= 11 is 2.46. The summed E-state index contributed by atoms with van der Waals surface area (Å²) in [7, 11) is 3.41. The second kappa shape index (κ2) is 18.5. The van der Waals surface area contributed by atoms with E-state index in [2.05, 4.69) is 30.7 Å². The van der Waals surface area contributed by atoms with Crippen LogP contribution in [0.4, 0.5) is 9.59 Å². The van der Waals surface area contributed by atoms with E-state index in [4.69, 9.17) is 9.47 Å². The molecule has 0 heterocycles. The molecule has 17 heteroatoms. The standard InChI is InChI=1S/C22H35IN4O11S/c1-22(2,3)38-21(34)27-14(19(32)37-6)11-39-10-13(17(30)24-9-16(29)35-4)25-15(28)8-7-12(18(31)36-5)26-20(23)33/h12-14H,7-11H2,1-6H3,(H,24,30)(H,25,28)(H,26,33)(H,27,34)/t12-,13-,14+/m1/s1. The predicted octanol–water partition coefficient (Wildman–Crippen LogP) is 0.0263. The second-order valence-electron chi connectivity index (χ2n) is 8.71. The first-order valence-electron chi connectivity index (χ1n) is 11.5. The molecule has 0 saturated carbocycles. The zero-order chi connectivity index (χ0) is 30.2. The fourth-order valence-electron chi connectivity index (χ4n) is 2.67. The molecule has 0 aliphatic carbocycles. The molecule has 0 spiro atoms. The van der Waals surface area contributed by atoms with E-state index in [1.807, 2.05) is 0 Å². The number of alkyl carbamates (subject to hydrolysis) is 1. The number of esters is 3. The van der Waals surface area contributed by atoms with Crippen molar-refractivity contribution in [2.24, 2.45) is 0 Å². The van der Waals surface area contributed by atoms with Gasteiger partial charge in [-0.15, -0.1) is 0 Å². The number of carbonyl (C=O) groups is 7. The number of nitrogens with one attached hydrogen (secondary N) is 4. The first-order chi connectivity index (χ1) is 18.1. The Bertz CT molecular complexity index is 898. The molecule has 0 aliphatic heterocycles. The molecule has 0 aliphatic rings. The summed E-state index contributed by atoms with van der Waals surface area (Å²) in [6, 6.07) is -3.38. The average Bonchev–Trinajstić information content (AvgIpc) is 2.85. The molecule has 0 bridgehead atoms. The van der Waals surface area contributed by atoms with Gasteiger partial charge in [-0.25, -0.2) is 14.4 Å². The maximum absolute atomic E-state index is 12.7. The molecule has 0 aromatic carbocycles. The van der Waals surface area contributed by atoms with Crippen LogP contribution in [0.1, 0.15) is 33.6 Å². The lowest BCUT2D eigenvalue weighted by Crippen LogP contribution is -2.50. The largest absolute Gasteiger partial charge is 0.468 e. The Hall–Kier alpha value is -2.83. The number of thioether (sulfide) groups is 1. The third-order valence-electron chi connectivity index (χ3n) is 4.47. The van der Waals surface area contributed by atoms with Crippen LogP contribution < -0.4 is 21.3 Å². The summed E-state index contributed by atoms with van der Waals surface area (Å²) in [6.45, 7) is 4.50. The Morgan fingerprint density at radius 3 is 1.87 bits per heavy atom. The summed E-state index contributed by atoms with van der Waals surface area (Å²) in [5, 5.41) is 9.59. The fourth-order valence-corrected chi connectivity index (χ4v) is 4.11. The smallest absolute Gasteiger partial charge is 0.408 e. The van der Waals surface area contributed by atoms with E-state index in [1.165, 1.54) is 22.6 Å². The van der Waals surface area contributed by atoms with Crippen LogP contribution in [-0.4, -0.2) is 103 Å². The van der Waals surface area contributed by atoms with E-state index < -0.39 is 70.0 Å². The van der Waals surface area contributed by atoms with Gasteiger partial charge >= 0.3 is 24.0 Å². The Morgan fingerprint density at radius 2 is 1.36 bits per heavy atom. The van der Waals surface area contributed by atoms with Gasteiger partial charge in [-0.3, -0.25) is 19.2 Å². The van der Waals surface area contributed by atoms with Crippen LogP contribution in [0.15, 0.2) is 0 Å². The number of hydrogen-bond donors (Lipinski definition) is 4. The van der Waals surface area contributed by atoms with Crippen molar-refractivity contribution in [1.82, 2.24) is 21.3 Å². The molecule has 0 rings (SSSR count). The van der Waals surface area contributed by atoms with Gasteiger partial charge in [0.2, 0.25) is 11.8 Å². The normalized spacial score (nSPS) is 13.0. The van der Waals surface area contributed by atoms with Crippen LogP contribution in [0, 0.1) is 0 Å². The number of amides is 4. The van der Waals surface area contributed by atoms with Gasteiger partial charge in [0.25, 0.3) is 3.91 Å². The maximum Gasteiger partial charge on any atom is 0.408 e. The summed E-state index contributed by atoms with van der Waals surface area (Å²) in [4.78, 5) is 84.1. The summed E-state index contributed by atoms with van der Waals surface area (Å²) in [5.74, 6) is -3.70. The molecule has 222 valence electrons. The van der Waals surface area contributed by atoms with Crippen molar-refractivity contribution >= 4 is 74.1 Å². The van der Waals surface area contributed by atoms with Crippen LogP contribution in [0.2, 0.25) is 0 Å². The van der Waals surface area contributed by atoms with Crippen molar-refractivity contribution < 1.29 is 52.5 Å². The number of hydrogen-bond acceptors (Lipinski definition) is 12. The van der Waals surface area contributed by atoms with E-state index in [0.717, 1.165) is 33.1 Å². The van der Waals surface area contributed by atoms with Gasteiger partial charge in [0.15, 0.2) is 0 Å². The highest BCUT2D eigenvalue weighted by atomic mass is 127. The minimum Gasteiger partial charge on any atom is -0.468 e. The minimum absolute atomic E-state index is 0.0469. The Kier molecular flexibility index (Phi) is 17.1. The van der Waals surface area contributed by atoms with Gasteiger partial charge in [-0.2, -0.15) is 11.8 Å². The van der Waals surface area contributed by atoms with Crippen molar-refractivity contribution in [3.05, 3.63) is 0 Å². The number of rotatable bonds is 15. The molecule has 0 unspecified atom stereocenters. The van der Waals surface area contributed by atoms with Gasteiger partial charge in [0, 0.05) is 40.5 Å². The summed E-state index contributed by atoms with van der Waals surface area (Å²) in [6.07, 6.45) is -1.22. The van der Waals surface area contributed by atoms with Crippen molar-refractivity contribution in [2.45, 2.75) is 57.3 Å². The monoisotopic (exact) mass is 690 g/mol. The SMILES string of the molecule is COC(=O)CNC(=O)[C@@H](CSC[C@H](NC(=O)OC(C)(C)C)C(=O)OC)NC(=O)CC[C@@H](NC(=O)I)C(=O)OC. The van der Waals surface area contributed by atoms with E-state index in [0.29, 0.717) is 0 Å². The molecule has 39 heavy (non-hydrogen) atoms. The molecular weight excluding hydrogens is 655 g/mol. The van der Waals surface area contributed by atoms with Crippen LogP contribution in [-0.2, 0) is 42.9 Å². The predicted molar refractivity (Wildman–Crippen MR) is 147 cm³/mol. The molecule has 4 amide bonds. The lowest BCUT2D eigenvalue weighted by Gasteiger charge is -2.23. The van der Waals surface area contributed by atoms with Gasteiger partial charge in [-0.1, -0.05) is 0 Å². The third kappa shape index (κ3) is 16.7. The highest BCUT2D eigenvalue weighted by Gasteiger charge is 2.28. The molecular formula is C22H35IN4O11S. The highest BCUT2D eigenvalue weighted by Crippen LogP contribution is 2.11. The average molecular weight is 691 g/mol. The number of ether oxygens (including phenoxy) is 4. The van der Waals surface area contributed by atoms with Crippen molar-refractivity contribution in [1.29, 1.82) is 0 Å². The highest BCUT2D eigenvalue weighted by molar-refractivity contribution is 14.1. The van der Waals surface area contributed by atoms with Crippen molar-refractivity contribution in [3.8, 4) is 0 Å². The van der Waals surface area contributed by atoms with Crippen molar-refractivity contribution in [3.63, 3.8) is 0 Å². The summed E-state index contributed by atoms with van der Waals surface area (Å²) < 4.78 is 18.4. The van der Waals surface area contributed by atoms with Gasteiger partial charge in [-0.05, 0) is 27.2 Å². The van der Waals surface area contributed by atoms with Crippen LogP contribution in [0.25, 0.3) is 0 Å². The molecule has 0 aromatic heterocycles. The number of methoxy groups -OCH3 is 3. The quantitative estimate of drug-likeness (QED) is 0.0591.